The molecule has 0 radical (unpaired) electrons. The zero-order valence-electron chi connectivity index (χ0n) is 28.2. The Hall–Kier alpha value is -5.16. The fourth-order valence-electron chi connectivity index (χ4n) is 7.59. The molecule has 1 saturated carbocycles. The van der Waals surface area contributed by atoms with Gasteiger partial charge in [-0.1, -0.05) is 35.9 Å². The molecule has 1 fully saturated rings. The molecule has 3 heterocycles. The quantitative estimate of drug-likeness (QED) is 0.138. The molecular weight excluding hydrogens is 760 g/mol. The molecule has 0 spiro atoms. The molecule has 3 atom stereocenters. The molecule has 2 N–H and O–H groups in total. The molecule has 3 aromatic heterocycles. The lowest BCUT2D eigenvalue weighted by molar-refractivity contribution is -0.123. The molecule has 6 aromatic rings. The molecule has 1 amide bonds. The number of aryl methyl sites for hydroxylation is 1. The average molecular weight is 788 g/mol. The first-order valence-corrected chi connectivity index (χ1v) is 18.8. The van der Waals surface area contributed by atoms with E-state index >= 15 is 8.78 Å². The Kier molecular flexibility index (Phi) is 8.44. The summed E-state index contributed by atoms with van der Waals surface area (Å²) in [4.78, 5) is 18.8. The molecule has 0 unspecified atom stereocenters. The molecule has 0 aliphatic heterocycles. The van der Waals surface area contributed by atoms with Crippen molar-refractivity contribution in [3.05, 3.63) is 106 Å². The molecule has 10 nitrogen and oxygen atoms in total. The van der Waals surface area contributed by atoms with Gasteiger partial charge in [0.05, 0.1) is 39.4 Å². The molecule has 18 heteroatoms. The highest BCUT2D eigenvalue weighted by molar-refractivity contribution is 7.92. The predicted molar refractivity (Wildman–Crippen MR) is 188 cm³/mol. The first-order valence-electron chi connectivity index (χ1n) is 16.5. The number of alkyl halides is 4. The van der Waals surface area contributed by atoms with E-state index in [4.69, 9.17) is 16.6 Å². The number of anilines is 1. The molecular formula is C36H28ClF6N7O3S. The van der Waals surface area contributed by atoms with Crippen molar-refractivity contribution in [3.63, 3.8) is 0 Å². The number of carbonyl (C=O) groups is 1. The summed E-state index contributed by atoms with van der Waals surface area (Å²) in [6, 6.07) is 13.5. The van der Waals surface area contributed by atoms with Crippen molar-refractivity contribution in [2.45, 2.75) is 43.7 Å². The van der Waals surface area contributed by atoms with Crippen molar-refractivity contribution in [2.75, 3.05) is 11.0 Å². The molecule has 280 valence electrons. The third-order valence-electron chi connectivity index (χ3n) is 9.75. The van der Waals surface area contributed by atoms with Crippen molar-refractivity contribution < 1.29 is 39.6 Å². The minimum Gasteiger partial charge on any atom is -0.346 e. The second-order valence-corrected chi connectivity index (χ2v) is 15.7. The molecule has 0 bridgehead atoms. The highest BCUT2D eigenvalue weighted by Gasteiger charge is 2.67. The minimum atomic E-state index is -3.80. The summed E-state index contributed by atoms with van der Waals surface area (Å²) in [5.41, 5.74) is 0.146. The van der Waals surface area contributed by atoms with E-state index in [9.17, 15) is 30.8 Å². The molecule has 54 heavy (non-hydrogen) atoms. The van der Waals surface area contributed by atoms with E-state index in [0.717, 1.165) is 18.4 Å². The fourth-order valence-corrected chi connectivity index (χ4v) is 8.32. The van der Waals surface area contributed by atoms with Crippen molar-refractivity contribution in [1.29, 1.82) is 0 Å². The summed E-state index contributed by atoms with van der Waals surface area (Å²) in [6.45, 7) is -0.867. The molecule has 8 rings (SSSR count). The zero-order chi connectivity index (χ0) is 38.4. The van der Waals surface area contributed by atoms with Gasteiger partial charge in [-0.2, -0.15) is 19.0 Å². The summed E-state index contributed by atoms with van der Waals surface area (Å²) < 4.78 is 117. The van der Waals surface area contributed by atoms with E-state index < -0.39 is 75.7 Å². The van der Waals surface area contributed by atoms with Crippen LogP contribution in [0.15, 0.2) is 60.7 Å². The van der Waals surface area contributed by atoms with E-state index in [2.05, 4.69) is 20.2 Å². The summed E-state index contributed by atoms with van der Waals surface area (Å²) >= 11 is 6.60. The Labute approximate surface area is 308 Å². The van der Waals surface area contributed by atoms with E-state index in [1.807, 2.05) is 0 Å². The molecule has 0 saturated heterocycles. The van der Waals surface area contributed by atoms with Crippen LogP contribution < -0.4 is 10.0 Å². The Bertz CT molecular complexity index is 2630. The largest absolute Gasteiger partial charge is 0.346 e. The summed E-state index contributed by atoms with van der Waals surface area (Å²) in [5, 5.41) is 11.9. The van der Waals surface area contributed by atoms with Gasteiger partial charge in [0.2, 0.25) is 15.9 Å². The standard InChI is InChI=1S/C36H28ClF6N7O3S/c1-49-32-20(7-8-24(37)29(32)35(47-49)48-54(2,52)53)21-12-17-5-3-4-6-25(17)45-30(21)26(11-16-9-18(38)13-19(39)10-16)44-27(51)15-50-33-28(31(46-50)34(40)41)22-14-23(22)36(33,42)43/h3-10,12-13,22-23,26,34H,11,14-15H2,1-2H3,(H,44,51)(H,47,48)/t22-,23+,26-/m0/s1. The Morgan fingerprint density at radius 2 is 1.74 bits per heavy atom. The number of hydrogen-bond donors (Lipinski definition) is 2. The van der Waals surface area contributed by atoms with E-state index in [0.29, 0.717) is 38.3 Å². The SMILES string of the molecule is Cn1nc(NS(C)(=O)=O)c2c(Cl)ccc(-c3cc4ccccc4nc3[C@H](Cc3cc(F)cc(F)c3)NC(=O)Cn3nc(C(F)F)c4c3C(F)(F)[C@@H]3C[C@H]43)c21. The van der Waals surface area contributed by atoms with Crippen molar-refractivity contribution in [3.8, 4) is 11.1 Å². The number of nitrogens with zero attached hydrogens (tertiary/aromatic N) is 5. The van der Waals surface area contributed by atoms with Crippen LogP contribution in [0.25, 0.3) is 32.9 Å². The topological polar surface area (TPSA) is 124 Å². The lowest BCUT2D eigenvalue weighted by Gasteiger charge is -2.23. The number of nitrogens with one attached hydrogen (secondary N) is 2. The third kappa shape index (κ3) is 6.22. The number of para-hydroxylation sites is 1. The maximum atomic E-state index is 15.3. The number of fused-ring (bicyclic) bond motifs is 5. The normalized spacial score (nSPS) is 17.9. The van der Waals surface area contributed by atoms with Gasteiger partial charge in [-0.15, -0.1) is 0 Å². The predicted octanol–water partition coefficient (Wildman–Crippen LogP) is 7.53. The second-order valence-electron chi connectivity index (χ2n) is 13.6. The van der Waals surface area contributed by atoms with Crippen LogP contribution in [0.1, 0.15) is 53.0 Å². The number of amides is 1. The number of rotatable bonds is 10. The second kappa shape index (κ2) is 12.7. The molecule has 3 aromatic carbocycles. The molecule has 2 aliphatic carbocycles. The van der Waals surface area contributed by atoms with Gasteiger partial charge in [0, 0.05) is 41.1 Å². The van der Waals surface area contributed by atoms with Gasteiger partial charge in [0.1, 0.15) is 29.6 Å². The van der Waals surface area contributed by atoms with Crippen LogP contribution in [-0.2, 0) is 40.8 Å². The first kappa shape index (κ1) is 35.8. The average Bonchev–Trinajstić information content (AvgIpc) is 3.62. The van der Waals surface area contributed by atoms with Crippen molar-refractivity contribution in [2.24, 2.45) is 13.0 Å². The molecule has 2 aliphatic rings. The van der Waals surface area contributed by atoms with Gasteiger partial charge in [-0.3, -0.25) is 18.9 Å². The number of carbonyl (C=O) groups excluding carboxylic acids is 1. The van der Waals surface area contributed by atoms with Crippen LogP contribution in [0, 0.1) is 17.6 Å². The highest BCUT2D eigenvalue weighted by Crippen LogP contribution is 2.68. The van der Waals surface area contributed by atoms with E-state index in [1.54, 1.807) is 43.4 Å². The third-order valence-corrected chi connectivity index (χ3v) is 10.6. The van der Waals surface area contributed by atoms with E-state index in [1.165, 1.54) is 10.7 Å². The monoisotopic (exact) mass is 787 g/mol. The van der Waals surface area contributed by atoms with Crippen LogP contribution in [0.4, 0.5) is 32.2 Å². The van der Waals surface area contributed by atoms with Crippen molar-refractivity contribution in [1.82, 2.24) is 29.9 Å². The Morgan fingerprint density at radius 3 is 2.44 bits per heavy atom. The summed E-state index contributed by atoms with van der Waals surface area (Å²) in [5.74, 6) is -8.15. The van der Waals surface area contributed by atoms with Gasteiger partial charge in [-0.05, 0) is 54.7 Å². The number of pyridine rings is 1. The highest BCUT2D eigenvalue weighted by atomic mass is 35.5. The van der Waals surface area contributed by atoms with Gasteiger partial charge >= 0.3 is 0 Å². The number of aromatic nitrogens is 5. The Balaban J connectivity index is 1.28. The zero-order valence-corrected chi connectivity index (χ0v) is 29.8. The fraction of sp³-hybridized carbons (Fsp3) is 0.278. The maximum absolute atomic E-state index is 15.3. The summed E-state index contributed by atoms with van der Waals surface area (Å²) in [6.07, 6.45) is -2.41. The smallest absolute Gasteiger partial charge is 0.293 e. The number of halogens is 7. The van der Waals surface area contributed by atoms with Crippen LogP contribution in [-0.4, -0.2) is 45.1 Å². The number of hydrogen-bond acceptors (Lipinski definition) is 6. The number of benzene rings is 3. The lowest BCUT2D eigenvalue weighted by Crippen LogP contribution is -2.35. The van der Waals surface area contributed by atoms with Crippen molar-refractivity contribution >= 4 is 55.2 Å². The van der Waals surface area contributed by atoms with Gasteiger partial charge in [0.15, 0.2) is 5.82 Å². The van der Waals surface area contributed by atoms with Crippen LogP contribution in [0.2, 0.25) is 5.02 Å². The van der Waals surface area contributed by atoms with Gasteiger partial charge in [0.25, 0.3) is 12.3 Å². The maximum Gasteiger partial charge on any atom is 0.293 e. The van der Waals surface area contributed by atoms with Crippen LogP contribution >= 0.6 is 11.6 Å². The number of sulfonamides is 1. The van der Waals surface area contributed by atoms with Gasteiger partial charge in [-0.25, -0.2) is 31.0 Å². The first-order chi connectivity index (χ1) is 25.5. The van der Waals surface area contributed by atoms with Crippen LogP contribution in [0.5, 0.6) is 0 Å². The Morgan fingerprint density at radius 1 is 1.02 bits per heavy atom. The lowest BCUT2D eigenvalue weighted by atomic mass is 9.93. The van der Waals surface area contributed by atoms with Crippen LogP contribution in [0.3, 0.4) is 0 Å². The van der Waals surface area contributed by atoms with E-state index in [-0.39, 0.29) is 45.9 Å². The summed E-state index contributed by atoms with van der Waals surface area (Å²) in [7, 11) is -2.23. The van der Waals surface area contributed by atoms with Gasteiger partial charge < -0.3 is 5.32 Å². The minimum absolute atomic E-state index is 0.0424.